The number of nitrogens with zero attached hydrogens (tertiary/aromatic N) is 2. The van der Waals surface area contributed by atoms with Crippen molar-refractivity contribution in [1.29, 1.82) is 5.26 Å². The van der Waals surface area contributed by atoms with Crippen molar-refractivity contribution in [3.63, 3.8) is 0 Å². The van der Waals surface area contributed by atoms with Gasteiger partial charge in [0.15, 0.2) is 5.13 Å². The van der Waals surface area contributed by atoms with Crippen molar-refractivity contribution in [2.24, 2.45) is 0 Å². The van der Waals surface area contributed by atoms with Gasteiger partial charge in [0, 0.05) is 28.5 Å². The maximum absolute atomic E-state index is 12.0. The lowest BCUT2D eigenvalue weighted by atomic mass is 10.2. The first-order valence-electron chi connectivity index (χ1n) is 5.94. The second-order valence-electron chi connectivity index (χ2n) is 4.07. The highest BCUT2D eigenvalue weighted by Gasteiger charge is 2.10. The summed E-state index contributed by atoms with van der Waals surface area (Å²) in [5.41, 5.74) is 1.39. The third-order valence-corrected chi connectivity index (χ3v) is 3.68. The number of anilines is 2. The number of nitriles is 1. The topological polar surface area (TPSA) is 77.8 Å². The zero-order valence-corrected chi connectivity index (χ0v) is 12.6. The third-order valence-electron chi connectivity index (χ3n) is 2.57. The first kappa shape index (κ1) is 15.0. The summed E-state index contributed by atoms with van der Waals surface area (Å²) in [4.78, 5) is 16.0. The Hall–Kier alpha value is -2.36. The van der Waals surface area contributed by atoms with Gasteiger partial charge in [-0.25, -0.2) is 4.98 Å². The van der Waals surface area contributed by atoms with E-state index in [0.717, 1.165) is 5.56 Å². The fourth-order valence-corrected chi connectivity index (χ4v) is 2.13. The third kappa shape index (κ3) is 4.05. The zero-order valence-electron chi connectivity index (χ0n) is 11.1. The summed E-state index contributed by atoms with van der Waals surface area (Å²) in [6.07, 6.45) is 2.95. The Bertz CT molecular complexity index is 719. The standard InChI is InChI=1S/C14H11ClN4OS/c1-9-2-3-11(6-12(9)15)19-13(20)10(7-16)8-18-14-17-4-5-21-14/h2-6,8H,1H3,(H,17,18)(H,19,20)/b10-8-. The van der Waals surface area contributed by atoms with E-state index in [-0.39, 0.29) is 5.57 Å². The number of rotatable bonds is 4. The number of carbonyl (C=O) groups excluding carboxylic acids is 1. The highest BCUT2D eigenvalue weighted by molar-refractivity contribution is 7.13. The highest BCUT2D eigenvalue weighted by Crippen LogP contribution is 2.20. The van der Waals surface area contributed by atoms with Crippen LogP contribution in [0.15, 0.2) is 41.5 Å². The van der Waals surface area contributed by atoms with Gasteiger partial charge in [0.1, 0.15) is 11.6 Å². The molecule has 0 unspecified atom stereocenters. The van der Waals surface area contributed by atoms with Crippen LogP contribution in [0.4, 0.5) is 10.8 Å². The molecule has 0 aliphatic heterocycles. The van der Waals surface area contributed by atoms with Crippen LogP contribution in [0.1, 0.15) is 5.56 Å². The first-order valence-corrected chi connectivity index (χ1v) is 7.19. The summed E-state index contributed by atoms with van der Waals surface area (Å²) in [5, 5.41) is 17.4. The van der Waals surface area contributed by atoms with Gasteiger partial charge in [0.25, 0.3) is 5.91 Å². The Labute approximate surface area is 130 Å². The Morgan fingerprint density at radius 3 is 2.95 bits per heavy atom. The fraction of sp³-hybridized carbons (Fsp3) is 0.0714. The quantitative estimate of drug-likeness (QED) is 0.667. The predicted molar refractivity (Wildman–Crippen MR) is 84.3 cm³/mol. The van der Waals surface area contributed by atoms with Crippen molar-refractivity contribution in [3.05, 3.63) is 52.1 Å². The molecule has 1 amide bonds. The number of hydrogen-bond acceptors (Lipinski definition) is 5. The molecule has 2 N–H and O–H groups in total. The van der Waals surface area contributed by atoms with Crippen molar-refractivity contribution in [2.45, 2.75) is 6.92 Å². The number of hydrogen-bond donors (Lipinski definition) is 2. The summed E-state index contributed by atoms with van der Waals surface area (Å²) >= 11 is 7.36. The molecule has 0 spiro atoms. The number of thiazole rings is 1. The van der Waals surface area contributed by atoms with Crippen LogP contribution in [0.5, 0.6) is 0 Å². The molecular weight excluding hydrogens is 308 g/mol. The van der Waals surface area contributed by atoms with Crippen LogP contribution in [0.3, 0.4) is 0 Å². The van der Waals surface area contributed by atoms with Gasteiger partial charge in [-0.15, -0.1) is 11.3 Å². The minimum absolute atomic E-state index is 0.0538. The number of amides is 1. The van der Waals surface area contributed by atoms with Crippen LogP contribution in [0, 0.1) is 18.3 Å². The normalized spacial score (nSPS) is 10.8. The molecule has 0 fully saturated rings. The zero-order chi connectivity index (χ0) is 15.2. The van der Waals surface area contributed by atoms with E-state index >= 15 is 0 Å². The van der Waals surface area contributed by atoms with Gasteiger partial charge < -0.3 is 10.6 Å². The molecule has 1 aromatic carbocycles. The lowest BCUT2D eigenvalue weighted by molar-refractivity contribution is -0.112. The van der Waals surface area contributed by atoms with E-state index < -0.39 is 5.91 Å². The first-order chi connectivity index (χ1) is 10.1. The van der Waals surface area contributed by atoms with Crippen LogP contribution in [0.25, 0.3) is 0 Å². The van der Waals surface area contributed by atoms with E-state index in [1.165, 1.54) is 17.5 Å². The molecule has 0 radical (unpaired) electrons. The minimum Gasteiger partial charge on any atom is -0.337 e. The molecule has 0 bridgehead atoms. The molecule has 0 atom stereocenters. The van der Waals surface area contributed by atoms with E-state index in [9.17, 15) is 4.79 Å². The molecule has 0 aliphatic rings. The van der Waals surface area contributed by atoms with Crippen LogP contribution in [0.2, 0.25) is 5.02 Å². The number of benzene rings is 1. The molecule has 1 heterocycles. The highest BCUT2D eigenvalue weighted by atomic mass is 35.5. The molecule has 1 aromatic heterocycles. The largest absolute Gasteiger partial charge is 0.337 e. The van der Waals surface area contributed by atoms with E-state index in [1.54, 1.807) is 29.8 Å². The smallest absolute Gasteiger partial charge is 0.267 e. The van der Waals surface area contributed by atoms with E-state index in [1.807, 2.05) is 13.0 Å². The lowest BCUT2D eigenvalue weighted by Gasteiger charge is -2.06. The number of nitrogens with one attached hydrogen (secondary N) is 2. The number of aromatic nitrogens is 1. The Balaban J connectivity index is 2.08. The van der Waals surface area contributed by atoms with Gasteiger partial charge in [-0.05, 0) is 24.6 Å². The summed E-state index contributed by atoms with van der Waals surface area (Å²) in [7, 11) is 0. The van der Waals surface area contributed by atoms with Crippen LogP contribution < -0.4 is 10.6 Å². The number of halogens is 1. The summed E-state index contributed by atoms with van der Waals surface area (Å²) in [6, 6.07) is 7.00. The summed E-state index contributed by atoms with van der Waals surface area (Å²) in [5.74, 6) is -0.513. The lowest BCUT2D eigenvalue weighted by Crippen LogP contribution is -2.14. The minimum atomic E-state index is -0.513. The SMILES string of the molecule is Cc1ccc(NC(=O)/C(C#N)=C\Nc2nccs2)cc1Cl. The maximum atomic E-state index is 12.0. The fourth-order valence-electron chi connectivity index (χ4n) is 1.45. The monoisotopic (exact) mass is 318 g/mol. The molecule has 0 saturated heterocycles. The predicted octanol–water partition coefficient (Wildman–Crippen LogP) is 3.56. The van der Waals surface area contributed by atoms with Gasteiger partial charge in [-0.3, -0.25) is 4.79 Å². The molecule has 2 rings (SSSR count). The number of aryl methyl sites for hydroxylation is 1. The van der Waals surface area contributed by atoms with E-state index in [0.29, 0.717) is 15.8 Å². The van der Waals surface area contributed by atoms with Gasteiger partial charge >= 0.3 is 0 Å². The summed E-state index contributed by atoms with van der Waals surface area (Å²) in [6.45, 7) is 1.87. The van der Waals surface area contributed by atoms with Crippen LogP contribution in [-0.4, -0.2) is 10.9 Å². The van der Waals surface area contributed by atoms with Crippen LogP contribution >= 0.6 is 22.9 Å². The molecule has 5 nitrogen and oxygen atoms in total. The van der Waals surface area contributed by atoms with Crippen molar-refractivity contribution < 1.29 is 4.79 Å². The average Bonchev–Trinajstić information content (AvgIpc) is 2.97. The second-order valence-corrected chi connectivity index (χ2v) is 5.37. The van der Waals surface area contributed by atoms with Crippen molar-refractivity contribution >= 4 is 39.7 Å². The Morgan fingerprint density at radius 2 is 2.33 bits per heavy atom. The molecule has 2 aromatic rings. The second kappa shape index (κ2) is 6.88. The molecule has 21 heavy (non-hydrogen) atoms. The summed E-state index contributed by atoms with van der Waals surface area (Å²) < 4.78 is 0. The van der Waals surface area contributed by atoms with Crippen molar-refractivity contribution in [2.75, 3.05) is 10.6 Å². The maximum Gasteiger partial charge on any atom is 0.267 e. The van der Waals surface area contributed by atoms with Crippen molar-refractivity contribution in [1.82, 2.24) is 4.98 Å². The molecule has 0 saturated carbocycles. The molecule has 7 heteroatoms. The van der Waals surface area contributed by atoms with E-state index in [2.05, 4.69) is 15.6 Å². The molecule has 106 valence electrons. The van der Waals surface area contributed by atoms with Gasteiger partial charge in [0.05, 0.1) is 0 Å². The van der Waals surface area contributed by atoms with Gasteiger partial charge in [0.2, 0.25) is 0 Å². The van der Waals surface area contributed by atoms with Gasteiger partial charge in [-0.2, -0.15) is 5.26 Å². The Kier molecular flexibility index (Phi) is 4.93. The van der Waals surface area contributed by atoms with Crippen molar-refractivity contribution in [3.8, 4) is 6.07 Å². The Morgan fingerprint density at radius 1 is 1.52 bits per heavy atom. The molecule has 0 aliphatic carbocycles. The average molecular weight is 319 g/mol. The molecular formula is C14H11ClN4OS. The number of carbonyl (C=O) groups is 1. The van der Waals surface area contributed by atoms with Gasteiger partial charge in [-0.1, -0.05) is 17.7 Å². The van der Waals surface area contributed by atoms with E-state index in [4.69, 9.17) is 16.9 Å². The van der Waals surface area contributed by atoms with Crippen LogP contribution in [-0.2, 0) is 4.79 Å².